The zero-order valence-electron chi connectivity index (χ0n) is 55.3. The number of urea groups is 1. The molecule has 0 saturated carbocycles. The molecule has 0 spiro atoms. The lowest BCUT2D eigenvalue weighted by atomic mass is 10.0. The Bertz CT molecular complexity index is 3840. The Kier molecular flexibility index (Phi) is 30.1. The van der Waals surface area contributed by atoms with E-state index in [1.807, 2.05) is 25.1 Å². The Morgan fingerprint density at radius 3 is 2.04 bits per heavy atom. The fourth-order valence-electron chi connectivity index (χ4n) is 9.80. The van der Waals surface area contributed by atoms with Crippen LogP contribution >= 0.6 is 0 Å². The van der Waals surface area contributed by atoms with Crippen molar-refractivity contribution in [2.75, 3.05) is 89.7 Å². The molecular formula is C67H81FN14O18. The van der Waals surface area contributed by atoms with Crippen molar-refractivity contribution < 1.29 is 91.0 Å². The minimum absolute atomic E-state index is 0.000247. The Morgan fingerprint density at radius 1 is 0.690 bits per heavy atom. The Labute approximate surface area is 573 Å². The average Bonchev–Trinajstić information content (AvgIpc) is 1.59. The lowest BCUT2D eigenvalue weighted by Gasteiger charge is -2.26. The molecule has 0 unspecified atom stereocenters. The molecule has 9 amide bonds. The molecule has 6 aromatic rings. The standard InChI is InChI=1S/C67H81FN14O18/c1-40(2)35-52(79-63(89)50(18-21-58(86)87)76-54(83)22-26-95-29-31-97-33-34-98-32-30-96-28-25-82-56(84)19-20-57(82)85)64(90)78-49(11-6-23-70-66(69)93)62(88)75-44-15-12-42(13-16-44)39-100-67(94)71-24-27-99-55-38-73-46-17-14-43(36-51(46)77-55)60-61(48-10-4-7-41(3)74-48)81-53(80-60)37-72-47-9-5-8-45(59(47)68)65(91)92/h4-5,7-10,12-17,19-20,36,38,40,49-50,52,72H,6,11,18,21-35,37,39H2,1-3H3,(H,71,94)(H,75,88)(H,76,83)(H,78,90)(H,79,89)(H,80,81)(H,86,87)(H,91,92)(H3,69,70,93)/t49-,50-,52-/m0/s1. The number of aromatic amines is 1. The van der Waals surface area contributed by atoms with Crippen LogP contribution < -0.4 is 47.7 Å². The van der Waals surface area contributed by atoms with Crippen molar-refractivity contribution in [2.24, 2.45) is 11.7 Å². The van der Waals surface area contributed by atoms with E-state index in [0.717, 1.165) is 10.6 Å². The minimum atomic E-state index is -1.40. The van der Waals surface area contributed by atoms with E-state index in [-0.39, 0.29) is 154 Å². The molecule has 1 aliphatic heterocycles. The first-order valence-corrected chi connectivity index (χ1v) is 32.1. The smallest absolute Gasteiger partial charge is 0.407 e. The van der Waals surface area contributed by atoms with E-state index in [9.17, 15) is 62.5 Å². The van der Waals surface area contributed by atoms with Gasteiger partial charge in [-0.25, -0.2) is 33.7 Å². The number of carbonyl (C=O) groups excluding carboxylic acids is 8. The number of carboxylic acids is 2. The number of benzene rings is 3. The molecule has 534 valence electrons. The molecule has 32 nitrogen and oxygen atoms in total. The number of ether oxygens (including phenoxy) is 6. The van der Waals surface area contributed by atoms with E-state index in [2.05, 4.69) is 57.2 Å². The zero-order valence-corrected chi connectivity index (χ0v) is 55.3. The van der Waals surface area contributed by atoms with Crippen LogP contribution in [-0.4, -0.2) is 197 Å². The number of pyridine rings is 1. The molecule has 100 heavy (non-hydrogen) atoms. The van der Waals surface area contributed by atoms with Gasteiger partial charge in [-0.15, -0.1) is 0 Å². The van der Waals surface area contributed by atoms with Crippen molar-refractivity contribution in [1.29, 1.82) is 0 Å². The monoisotopic (exact) mass is 1390 g/mol. The lowest BCUT2D eigenvalue weighted by molar-refractivity contribution is -0.139. The van der Waals surface area contributed by atoms with Gasteiger partial charge in [0.2, 0.25) is 29.5 Å². The van der Waals surface area contributed by atoms with Gasteiger partial charge in [0.25, 0.3) is 11.8 Å². The number of carbonyl (C=O) groups is 10. The van der Waals surface area contributed by atoms with Crippen molar-refractivity contribution >= 4 is 81.9 Å². The van der Waals surface area contributed by atoms with Gasteiger partial charge in [0.1, 0.15) is 42.9 Å². The molecule has 0 radical (unpaired) electrons. The van der Waals surface area contributed by atoms with Crippen LogP contribution in [0.4, 0.5) is 25.4 Å². The number of nitrogens with two attached hydrogens (primary N) is 1. The number of nitrogens with one attached hydrogen (secondary N) is 8. The number of primary amides is 1. The van der Waals surface area contributed by atoms with Crippen molar-refractivity contribution in [2.45, 2.75) is 90.6 Å². The molecule has 0 aliphatic carbocycles. The van der Waals surface area contributed by atoms with Crippen LogP contribution in [0, 0.1) is 18.7 Å². The van der Waals surface area contributed by atoms with Gasteiger partial charge in [0, 0.05) is 48.5 Å². The van der Waals surface area contributed by atoms with E-state index >= 15 is 0 Å². The van der Waals surface area contributed by atoms with Crippen LogP contribution in [0.1, 0.15) is 79.8 Å². The number of alkyl carbamates (subject to hydrolysis) is 1. The van der Waals surface area contributed by atoms with Gasteiger partial charge < -0.3 is 86.6 Å². The highest BCUT2D eigenvalue weighted by Gasteiger charge is 2.31. The second-order valence-corrected chi connectivity index (χ2v) is 22.9. The molecule has 33 heteroatoms. The summed E-state index contributed by atoms with van der Waals surface area (Å²) >= 11 is 0. The van der Waals surface area contributed by atoms with Crippen molar-refractivity contribution in [3.63, 3.8) is 0 Å². The Balaban J connectivity index is 0.847. The second kappa shape index (κ2) is 39.4. The van der Waals surface area contributed by atoms with Crippen LogP contribution in [0.25, 0.3) is 33.7 Å². The summed E-state index contributed by atoms with van der Waals surface area (Å²) < 4.78 is 48.0. The number of aryl methyl sites for hydroxylation is 1. The quantitative estimate of drug-likeness (QED) is 0.0188. The molecule has 3 aromatic heterocycles. The maximum atomic E-state index is 15.0. The number of aromatic carboxylic acids is 1. The van der Waals surface area contributed by atoms with E-state index in [4.69, 9.17) is 39.1 Å². The summed E-state index contributed by atoms with van der Waals surface area (Å²) in [7, 11) is 0. The molecule has 0 fully saturated rings. The van der Waals surface area contributed by atoms with Crippen molar-refractivity contribution in [1.82, 2.24) is 56.4 Å². The summed E-state index contributed by atoms with van der Waals surface area (Å²) in [5.74, 6) is -6.80. The van der Waals surface area contributed by atoms with Gasteiger partial charge in [-0.05, 0) is 92.6 Å². The number of hydrogen-bond acceptors (Lipinski definition) is 21. The third-order valence-corrected chi connectivity index (χ3v) is 14.8. The Hall–Kier alpha value is -11.0. The van der Waals surface area contributed by atoms with Gasteiger partial charge in [0.15, 0.2) is 5.82 Å². The number of imidazole rings is 1. The largest absolute Gasteiger partial charge is 0.481 e. The molecule has 0 bridgehead atoms. The molecule has 1 aliphatic rings. The van der Waals surface area contributed by atoms with E-state index in [1.165, 1.54) is 36.5 Å². The number of H-pyrrole nitrogens is 1. The molecular weight excluding hydrogens is 1310 g/mol. The average molecular weight is 1390 g/mol. The first-order chi connectivity index (χ1) is 48.1. The highest BCUT2D eigenvalue weighted by molar-refractivity contribution is 6.13. The van der Waals surface area contributed by atoms with Gasteiger partial charge in [-0.1, -0.05) is 44.2 Å². The maximum Gasteiger partial charge on any atom is 0.407 e. The normalized spacial score (nSPS) is 12.8. The van der Waals surface area contributed by atoms with Gasteiger partial charge >= 0.3 is 24.1 Å². The topological polar surface area (TPSA) is 447 Å². The number of fused-ring (bicyclic) bond motifs is 1. The van der Waals surface area contributed by atoms with Gasteiger partial charge in [-0.3, -0.25) is 43.4 Å². The predicted molar refractivity (Wildman–Crippen MR) is 357 cm³/mol. The van der Waals surface area contributed by atoms with Crippen LogP contribution in [0.2, 0.25) is 0 Å². The predicted octanol–water partition coefficient (Wildman–Crippen LogP) is 4.28. The zero-order chi connectivity index (χ0) is 71.9. The third kappa shape index (κ3) is 25.1. The van der Waals surface area contributed by atoms with Crippen LogP contribution in [-0.2, 0) is 70.4 Å². The number of imide groups is 1. The fraction of sp³-hybridized carbons (Fsp3) is 0.403. The summed E-state index contributed by atoms with van der Waals surface area (Å²) in [5, 5.41) is 37.5. The summed E-state index contributed by atoms with van der Waals surface area (Å²) in [6.07, 6.45) is 2.33. The number of nitrogens with zero attached hydrogens (tertiary/aromatic N) is 5. The number of rotatable bonds is 43. The van der Waals surface area contributed by atoms with Crippen molar-refractivity contribution in [3.8, 4) is 28.5 Å². The molecule has 0 saturated heterocycles. The Morgan fingerprint density at radius 2 is 1.36 bits per heavy atom. The molecule has 4 heterocycles. The molecule has 12 N–H and O–H groups in total. The molecule has 3 aromatic carbocycles. The summed E-state index contributed by atoms with van der Waals surface area (Å²) in [6.45, 7) is 6.90. The van der Waals surface area contributed by atoms with Crippen LogP contribution in [0.3, 0.4) is 0 Å². The first kappa shape index (κ1) is 76.3. The molecule has 7 rings (SSSR count). The highest BCUT2D eigenvalue weighted by atomic mass is 19.1. The minimum Gasteiger partial charge on any atom is -0.481 e. The van der Waals surface area contributed by atoms with E-state index < -0.39 is 83.6 Å². The highest BCUT2D eigenvalue weighted by Crippen LogP contribution is 2.32. The number of hydrogen-bond donors (Lipinski definition) is 11. The SMILES string of the molecule is Cc1cccc(-c2nc(CNc3cccc(C(=O)O)c3F)[nH]c2-c2ccc3ncc(OCCNC(=O)OCc4ccc(NC(=O)[C@H](CCCNC(N)=O)NC(=O)[C@H](CC(C)C)NC(=O)[C@H](CCC(=O)O)NC(=O)CCOCCOCCOCCOCCN5C(=O)C=CC5=O)cc4)nc3c2)n1. The number of aliphatic carboxylic acids is 1. The van der Waals surface area contributed by atoms with E-state index in [1.54, 1.807) is 56.3 Å². The number of halogens is 1. The lowest BCUT2D eigenvalue weighted by Crippen LogP contribution is -2.56. The van der Waals surface area contributed by atoms with Gasteiger partial charge in [-0.2, -0.15) is 0 Å². The number of aromatic nitrogens is 5. The second-order valence-electron chi connectivity index (χ2n) is 22.9. The molecule has 3 atom stereocenters. The first-order valence-electron chi connectivity index (χ1n) is 32.1. The van der Waals surface area contributed by atoms with Crippen LogP contribution in [0.5, 0.6) is 5.88 Å². The van der Waals surface area contributed by atoms with E-state index in [0.29, 0.717) is 50.8 Å². The number of anilines is 2. The summed E-state index contributed by atoms with van der Waals surface area (Å²) in [6, 6.07) is 16.6. The fourth-order valence-corrected chi connectivity index (χ4v) is 9.80. The van der Waals surface area contributed by atoms with Crippen molar-refractivity contribution in [3.05, 3.63) is 126 Å². The number of carboxylic acid groups (broad SMARTS) is 2. The number of amides is 9. The summed E-state index contributed by atoms with van der Waals surface area (Å²) in [5.41, 5.74) is 9.68. The maximum absolute atomic E-state index is 15.0. The van der Waals surface area contributed by atoms with Crippen LogP contribution in [0.15, 0.2) is 97.2 Å². The third-order valence-electron chi connectivity index (χ3n) is 14.8. The van der Waals surface area contributed by atoms with Gasteiger partial charge in [0.05, 0.1) is 112 Å². The summed E-state index contributed by atoms with van der Waals surface area (Å²) in [4.78, 5) is 148.